The Morgan fingerprint density at radius 2 is 2.05 bits per heavy atom. The fourth-order valence-corrected chi connectivity index (χ4v) is 8.05. The Labute approximate surface area is 141 Å². The van der Waals surface area contributed by atoms with E-state index in [1.165, 1.54) is 39.9 Å². The Kier molecular flexibility index (Phi) is 4.94. The smallest absolute Gasteiger partial charge is 0.107 e. The average Bonchev–Trinajstić information content (AvgIpc) is 2.88. The predicted molar refractivity (Wildman–Crippen MR) is 97.8 cm³/mol. The first-order valence-corrected chi connectivity index (χ1v) is 10.9. The van der Waals surface area contributed by atoms with Gasteiger partial charge in [0.15, 0.2) is 0 Å². The standard InChI is InChI=1S/C16H26N2S3/c1-5-12-14(20-7-6-19-12)15-18-11-9-16(2,3)8-10(17-4)13(11)21-15/h10,12,14,17H,5-9H2,1-4H3. The number of nitrogens with zero attached hydrogens (tertiary/aromatic N) is 1. The van der Waals surface area contributed by atoms with Crippen molar-refractivity contribution in [2.75, 3.05) is 18.6 Å². The fourth-order valence-electron chi connectivity index (χ4n) is 3.44. The van der Waals surface area contributed by atoms with Crippen molar-refractivity contribution in [1.82, 2.24) is 10.3 Å². The van der Waals surface area contributed by atoms with Gasteiger partial charge in [0.05, 0.1) is 10.9 Å². The van der Waals surface area contributed by atoms with Gasteiger partial charge in [0, 0.05) is 27.7 Å². The van der Waals surface area contributed by atoms with Gasteiger partial charge in [0.1, 0.15) is 5.01 Å². The molecule has 1 aliphatic heterocycles. The molecule has 118 valence electrons. The van der Waals surface area contributed by atoms with Gasteiger partial charge in [0.2, 0.25) is 0 Å². The van der Waals surface area contributed by atoms with Crippen LogP contribution in [0.1, 0.15) is 60.5 Å². The van der Waals surface area contributed by atoms with Gasteiger partial charge in [0.25, 0.3) is 0 Å². The van der Waals surface area contributed by atoms with Crippen LogP contribution in [-0.2, 0) is 6.42 Å². The Hall–Kier alpha value is 0.290. The molecule has 5 heteroatoms. The van der Waals surface area contributed by atoms with E-state index in [1.54, 1.807) is 0 Å². The maximum atomic E-state index is 5.11. The van der Waals surface area contributed by atoms with Crippen LogP contribution in [0.15, 0.2) is 0 Å². The van der Waals surface area contributed by atoms with Crippen molar-refractivity contribution < 1.29 is 0 Å². The summed E-state index contributed by atoms with van der Waals surface area (Å²) in [6, 6.07) is 0.497. The quantitative estimate of drug-likeness (QED) is 0.862. The fraction of sp³-hybridized carbons (Fsp3) is 0.812. The third-order valence-corrected chi connectivity index (χ3v) is 9.21. The van der Waals surface area contributed by atoms with Crippen LogP contribution in [0.5, 0.6) is 0 Å². The summed E-state index contributed by atoms with van der Waals surface area (Å²) >= 11 is 6.26. The highest BCUT2D eigenvalue weighted by atomic mass is 32.2. The molecule has 2 nitrogen and oxygen atoms in total. The summed E-state index contributed by atoms with van der Waals surface area (Å²) in [5, 5.41) is 6.27. The molecule has 1 aliphatic carbocycles. The normalized spacial score (nSPS) is 31.9. The molecule has 1 fully saturated rings. The highest BCUT2D eigenvalue weighted by molar-refractivity contribution is 8.06. The zero-order valence-corrected chi connectivity index (χ0v) is 15.9. The number of thiazole rings is 1. The minimum Gasteiger partial charge on any atom is -0.312 e. The molecule has 21 heavy (non-hydrogen) atoms. The van der Waals surface area contributed by atoms with Crippen molar-refractivity contribution in [3.8, 4) is 0 Å². The first-order valence-electron chi connectivity index (χ1n) is 7.94. The van der Waals surface area contributed by atoms with E-state index in [0.29, 0.717) is 16.7 Å². The monoisotopic (exact) mass is 342 g/mol. The van der Waals surface area contributed by atoms with E-state index < -0.39 is 0 Å². The number of nitrogens with one attached hydrogen (secondary N) is 1. The van der Waals surface area contributed by atoms with Crippen molar-refractivity contribution in [3.05, 3.63) is 15.6 Å². The van der Waals surface area contributed by atoms with Crippen molar-refractivity contribution in [3.63, 3.8) is 0 Å². The molecule has 0 radical (unpaired) electrons. The van der Waals surface area contributed by atoms with E-state index in [9.17, 15) is 0 Å². The molecule has 1 N–H and O–H groups in total. The predicted octanol–water partition coefficient (Wildman–Crippen LogP) is 4.68. The van der Waals surface area contributed by atoms with Gasteiger partial charge < -0.3 is 5.32 Å². The lowest BCUT2D eigenvalue weighted by atomic mass is 9.76. The second-order valence-corrected chi connectivity index (χ2v) is 10.5. The summed E-state index contributed by atoms with van der Waals surface area (Å²) in [5.41, 5.74) is 1.74. The molecule has 0 saturated carbocycles. The lowest BCUT2D eigenvalue weighted by Crippen LogP contribution is -2.30. The van der Waals surface area contributed by atoms with Gasteiger partial charge in [-0.3, -0.25) is 0 Å². The highest BCUT2D eigenvalue weighted by Crippen LogP contribution is 2.49. The van der Waals surface area contributed by atoms with E-state index in [2.05, 4.69) is 56.7 Å². The third kappa shape index (κ3) is 3.31. The molecule has 2 heterocycles. The molecular weight excluding hydrogens is 316 g/mol. The first-order chi connectivity index (χ1) is 10.0. The summed E-state index contributed by atoms with van der Waals surface area (Å²) in [6.07, 6.45) is 3.62. The van der Waals surface area contributed by atoms with Crippen molar-refractivity contribution in [2.24, 2.45) is 5.41 Å². The maximum Gasteiger partial charge on any atom is 0.107 e. The van der Waals surface area contributed by atoms with Gasteiger partial charge in [-0.2, -0.15) is 11.8 Å². The first kappa shape index (κ1) is 16.2. The van der Waals surface area contributed by atoms with Gasteiger partial charge >= 0.3 is 0 Å². The minimum atomic E-state index is 0.366. The van der Waals surface area contributed by atoms with Crippen LogP contribution in [0.3, 0.4) is 0 Å². The molecule has 3 rings (SSSR count). The number of aromatic nitrogens is 1. The molecule has 1 saturated heterocycles. The number of fused-ring (bicyclic) bond motifs is 1. The molecule has 0 aromatic carbocycles. The van der Waals surface area contributed by atoms with Crippen LogP contribution < -0.4 is 5.32 Å². The van der Waals surface area contributed by atoms with E-state index >= 15 is 0 Å². The lowest BCUT2D eigenvalue weighted by Gasteiger charge is -2.34. The van der Waals surface area contributed by atoms with Crippen molar-refractivity contribution >= 4 is 34.9 Å². The average molecular weight is 343 g/mol. The van der Waals surface area contributed by atoms with Crippen molar-refractivity contribution in [2.45, 2.75) is 56.6 Å². The topological polar surface area (TPSA) is 24.9 Å². The highest BCUT2D eigenvalue weighted by Gasteiger charge is 2.37. The summed E-state index contributed by atoms with van der Waals surface area (Å²) in [5.74, 6) is 2.58. The SMILES string of the molecule is CCC1SCCSC1c1nc2c(s1)C(NC)CC(C)(C)C2. The second-order valence-electron chi connectivity index (χ2n) is 6.86. The zero-order valence-electron chi connectivity index (χ0n) is 13.4. The van der Waals surface area contributed by atoms with E-state index in [0.717, 1.165) is 11.7 Å². The Balaban J connectivity index is 1.91. The number of rotatable bonds is 3. The molecule has 0 spiro atoms. The molecular formula is C16H26N2S3. The van der Waals surface area contributed by atoms with E-state index in [-0.39, 0.29) is 0 Å². The van der Waals surface area contributed by atoms with Crippen LogP contribution in [0.4, 0.5) is 0 Å². The molecule has 2 aliphatic rings. The summed E-state index contributed by atoms with van der Waals surface area (Å²) in [4.78, 5) is 6.62. The van der Waals surface area contributed by atoms with Crippen LogP contribution in [0.2, 0.25) is 0 Å². The van der Waals surface area contributed by atoms with Gasteiger partial charge in [-0.15, -0.1) is 23.1 Å². The number of hydrogen-bond acceptors (Lipinski definition) is 5. The number of thioether (sulfide) groups is 2. The maximum absolute atomic E-state index is 5.11. The van der Waals surface area contributed by atoms with Crippen LogP contribution in [-0.4, -0.2) is 28.8 Å². The van der Waals surface area contributed by atoms with Gasteiger partial charge in [-0.05, 0) is 31.7 Å². The zero-order chi connectivity index (χ0) is 15.0. The summed E-state index contributed by atoms with van der Waals surface area (Å²) < 4.78 is 0. The van der Waals surface area contributed by atoms with E-state index in [1.807, 2.05) is 11.3 Å². The summed E-state index contributed by atoms with van der Waals surface area (Å²) in [7, 11) is 2.09. The van der Waals surface area contributed by atoms with Crippen LogP contribution in [0, 0.1) is 5.41 Å². The second kappa shape index (κ2) is 6.42. The van der Waals surface area contributed by atoms with Gasteiger partial charge in [-0.25, -0.2) is 4.98 Å². The lowest BCUT2D eigenvalue weighted by molar-refractivity contribution is 0.265. The van der Waals surface area contributed by atoms with Crippen LogP contribution >= 0.6 is 34.9 Å². The van der Waals surface area contributed by atoms with E-state index in [4.69, 9.17) is 4.98 Å². The third-order valence-electron chi connectivity index (χ3n) is 4.51. The summed E-state index contributed by atoms with van der Waals surface area (Å²) in [6.45, 7) is 7.07. The molecule has 1 aromatic rings. The van der Waals surface area contributed by atoms with Crippen LogP contribution in [0.25, 0.3) is 0 Å². The van der Waals surface area contributed by atoms with Crippen molar-refractivity contribution in [1.29, 1.82) is 0 Å². The molecule has 0 bridgehead atoms. The Morgan fingerprint density at radius 1 is 1.29 bits per heavy atom. The molecule has 3 atom stereocenters. The Bertz CT molecular complexity index is 498. The minimum absolute atomic E-state index is 0.366. The Morgan fingerprint density at radius 3 is 2.76 bits per heavy atom. The molecule has 3 unspecified atom stereocenters. The number of hydrogen-bond donors (Lipinski definition) is 1. The largest absolute Gasteiger partial charge is 0.312 e. The van der Waals surface area contributed by atoms with Gasteiger partial charge in [-0.1, -0.05) is 20.8 Å². The molecule has 1 aromatic heterocycles. The molecule has 0 amide bonds.